The summed E-state index contributed by atoms with van der Waals surface area (Å²) >= 11 is 0. The largest absolute Gasteiger partial charge is 0.387 e. The molecular formula is C14H23N3O3S. The van der Waals surface area contributed by atoms with Gasteiger partial charge in [0.1, 0.15) is 0 Å². The van der Waals surface area contributed by atoms with Gasteiger partial charge in [-0.2, -0.15) is 0 Å². The number of aliphatic hydroxyl groups is 1. The fraction of sp³-hybridized carbons (Fsp3) is 0.571. The van der Waals surface area contributed by atoms with Crippen LogP contribution in [-0.4, -0.2) is 50.7 Å². The average Bonchev–Trinajstić information content (AvgIpc) is 2.75. The molecule has 2 atom stereocenters. The van der Waals surface area contributed by atoms with E-state index in [-0.39, 0.29) is 10.9 Å². The highest BCUT2D eigenvalue weighted by Gasteiger charge is 2.34. The highest BCUT2D eigenvalue weighted by Crippen LogP contribution is 2.21. The number of β-amino-alcohol motifs (C(OH)–C–C–N with tert-alkyl or cyclic N) is 1. The Bertz CT molecular complexity index is 588. The Balaban J connectivity index is 1.96. The average molecular weight is 313 g/mol. The molecule has 6 nitrogen and oxygen atoms in total. The van der Waals surface area contributed by atoms with Crippen LogP contribution in [-0.2, 0) is 10.0 Å². The van der Waals surface area contributed by atoms with E-state index < -0.39 is 15.6 Å². The van der Waals surface area contributed by atoms with Crippen molar-refractivity contribution in [2.75, 3.05) is 26.7 Å². The van der Waals surface area contributed by atoms with Crippen LogP contribution in [0.4, 0.5) is 0 Å². The van der Waals surface area contributed by atoms with Crippen molar-refractivity contribution in [3.63, 3.8) is 0 Å². The number of rotatable bonds is 5. The van der Waals surface area contributed by atoms with E-state index in [1.807, 2.05) is 14.0 Å². The Hall–Kier alpha value is -0.990. The quantitative estimate of drug-likeness (QED) is 0.714. The molecule has 4 N–H and O–H groups in total. The third-order valence-electron chi connectivity index (χ3n) is 3.97. The second-order valence-electron chi connectivity index (χ2n) is 5.93. The van der Waals surface area contributed by atoms with E-state index in [1.54, 1.807) is 12.1 Å². The highest BCUT2D eigenvalue weighted by molar-refractivity contribution is 7.89. The van der Waals surface area contributed by atoms with Crippen molar-refractivity contribution in [3.05, 3.63) is 29.8 Å². The SMILES string of the molecule is CC(NCC1(O)CCN(C)C1)c1ccc(S(N)(=O)=O)cc1. The van der Waals surface area contributed by atoms with Gasteiger partial charge in [0.25, 0.3) is 0 Å². The molecule has 1 aromatic carbocycles. The molecule has 1 aromatic rings. The predicted molar refractivity (Wildman–Crippen MR) is 81.3 cm³/mol. The maximum absolute atomic E-state index is 11.2. The van der Waals surface area contributed by atoms with Crippen LogP contribution in [0.25, 0.3) is 0 Å². The molecule has 0 aromatic heterocycles. The molecule has 1 aliphatic rings. The minimum atomic E-state index is -3.65. The van der Waals surface area contributed by atoms with Gasteiger partial charge in [0, 0.05) is 25.7 Å². The van der Waals surface area contributed by atoms with Crippen molar-refractivity contribution in [3.8, 4) is 0 Å². The molecule has 0 spiro atoms. The zero-order chi connectivity index (χ0) is 15.7. The fourth-order valence-corrected chi connectivity index (χ4v) is 3.13. The van der Waals surface area contributed by atoms with Crippen LogP contribution in [0.1, 0.15) is 24.9 Å². The first kappa shape index (κ1) is 16.4. The summed E-state index contributed by atoms with van der Waals surface area (Å²) in [5.41, 5.74) is 0.265. The molecule has 0 amide bonds. The van der Waals surface area contributed by atoms with E-state index >= 15 is 0 Å². The Morgan fingerprint density at radius 3 is 2.52 bits per heavy atom. The fourth-order valence-electron chi connectivity index (χ4n) is 2.61. The van der Waals surface area contributed by atoms with E-state index in [0.29, 0.717) is 13.1 Å². The molecule has 1 fully saturated rings. The van der Waals surface area contributed by atoms with Crippen molar-refractivity contribution in [2.45, 2.75) is 29.9 Å². The molecule has 0 radical (unpaired) electrons. The summed E-state index contributed by atoms with van der Waals surface area (Å²) < 4.78 is 22.4. The molecule has 21 heavy (non-hydrogen) atoms. The van der Waals surface area contributed by atoms with Gasteiger partial charge >= 0.3 is 0 Å². The molecule has 1 aliphatic heterocycles. The van der Waals surface area contributed by atoms with Gasteiger partial charge in [-0.25, -0.2) is 13.6 Å². The number of sulfonamides is 1. The smallest absolute Gasteiger partial charge is 0.238 e. The number of hydrogen-bond donors (Lipinski definition) is 3. The zero-order valence-electron chi connectivity index (χ0n) is 12.4. The van der Waals surface area contributed by atoms with Crippen LogP contribution >= 0.6 is 0 Å². The second kappa shape index (κ2) is 6.02. The number of likely N-dealkylation sites (tertiary alicyclic amines) is 1. The lowest BCUT2D eigenvalue weighted by molar-refractivity contribution is 0.0494. The zero-order valence-corrected chi connectivity index (χ0v) is 13.2. The first-order valence-electron chi connectivity index (χ1n) is 6.97. The van der Waals surface area contributed by atoms with Crippen molar-refractivity contribution < 1.29 is 13.5 Å². The molecule has 0 aliphatic carbocycles. The summed E-state index contributed by atoms with van der Waals surface area (Å²) in [4.78, 5) is 2.21. The molecule has 118 valence electrons. The molecule has 7 heteroatoms. The van der Waals surface area contributed by atoms with Gasteiger partial charge in [0.05, 0.1) is 10.5 Å². The van der Waals surface area contributed by atoms with Crippen LogP contribution < -0.4 is 10.5 Å². The third kappa shape index (κ3) is 4.24. The van der Waals surface area contributed by atoms with Crippen molar-refractivity contribution in [1.29, 1.82) is 0 Å². The summed E-state index contributed by atoms with van der Waals surface area (Å²) in [6.07, 6.45) is 0.758. The monoisotopic (exact) mass is 313 g/mol. The van der Waals surface area contributed by atoms with E-state index in [9.17, 15) is 13.5 Å². The maximum Gasteiger partial charge on any atom is 0.238 e. The summed E-state index contributed by atoms with van der Waals surface area (Å²) in [6, 6.07) is 6.50. The number of nitrogens with zero attached hydrogens (tertiary/aromatic N) is 1. The molecule has 0 saturated carbocycles. The van der Waals surface area contributed by atoms with Crippen molar-refractivity contribution >= 4 is 10.0 Å². The van der Waals surface area contributed by atoms with Gasteiger partial charge in [-0.15, -0.1) is 0 Å². The summed E-state index contributed by atoms with van der Waals surface area (Å²) in [6.45, 7) is 4.05. The Kier molecular flexibility index (Phi) is 4.69. The normalized spacial score (nSPS) is 25.1. The van der Waals surface area contributed by atoms with Gasteiger partial charge in [-0.1, -0.05) is 12.1 Å². The van der Waals surface area contributed by atoms with Crippen LogP contribution in [0, 0.1) is 0 Å². The number of nitrogens with one attached hydrogen (secondary N) is 1. The molecule has 1 heterocycles. The van der Waals surface area contributed by atoms with Gasteiger partial charge in [0.15, 0.2) is 0 Å². The maximum atomic E-state index is 11.2. The number of benzene rings is 1. The highest BCUT2D eigenvalue weighted by atomic mass is 32.2. The van der Waals surface area contributed by atoms with E-state index in [0.717, 1.165) is 18.5 Å². The summed E-state index contributed by atoms with van der Waals surface area (Å²) in [7, 11) is -1.66. The van der Waals surface area contributed by atoms with E-state index in [4.69, 9.17) is 5.14 Å². The lowest BCUT2D eigenvalue weighted by atomic mass is 10.0. The third-order valence-corrected chi connectivity index (χ3v) is 4.90. The van der Waals surface area contributed by atoms with Gasteiger partial charge in [-0.3, -0.25) is 0 Å². The second-order valence-corrected chi connectivity index (χ2v) is 7.49. The first-order valence-corrected chi connectivity index (χ1v) is 8.51. The standard InChI is InChI=1S/C14H23N3O3S/c1-11(16-9-14(18)7-8-17(2)10-14)12-3-5-13(6-4-12)21(15,19)20/h3-6,11,16,18H,7-10H2,1-2H3,(H2,15,19,20). The topological polar surface area (TPSA) is 95.7 Å². The number of nitrogens with two attached hydrogens (primary N) is 1. The van der Waals surface area contributed by atoms with Gasteiger partial charge < -0.3 is 15.3 Å². The number of primary sulfonamides is 1. The van der Waals surface area contributed by atoms with Crippen molar-refractivity contribution in [1.82, 2.24) is 10.2 Å². The van der Waals surface area contributed by atoms with Crippen LogP contribution in [0.2, 0.25) is 0 Å². The lowest BCUT2D eigenvalue weighted by Crippen LogP contribution is -2.43. The Morgan fingerprint density at radius 1 is 1.43 bits per heavy atom. The first-order chi connectivity index (χ1) is 9.70. The van der Waals surface area contributed by atoms with Crippen LogP contribution in [0.5, 0.6) is 0 Å². The molecular weight excluding hydrogens is 290 g/mol. The van der Waals surface area contributed by atoms with E-state index in [2.05, 4.69) is 10.2 Å². The Labute approximate surface area is 126 Å². The summed E-state index contributed by atoms with van der Waals surface area (Å²) in [5.74, 6) is 0. The predicted octanol–water partition coefficient (Wildman–Crippen LogP) is 0.0512. The van der Waals surface area contributed by atoms with Crippen LogP contribution in [0.3, 0.4) is 0 Å². The minimum absolute atomic E-state index is 0.0226. The summed E-state index contributed by atoms with van der Waals surface area (Å²) in [5, 5.41) is 18.8. The van der Waals surface area contributed by atoms with E-state index in [1.165, 1.54) is 12.1 Å². The number of hydrogen-bond acceptors (Lipinski definition) is 5. The Morgan fingerprint density at radius 2 is 2.05 bits per heavy atom. The minimum Gasteiger partial charge on any atom is -0.387 e. The molecule has 0 bridgehead atoms. The molecule has 2 rings (SSSR count). The van der Waals surface area contributed by atoms with Crippen LogP contribution in [0.15, 0.2) is 29.2 Å². The lowest BCUT2D eigenvalue weighted by Gasteiger charge is -2.25. The molecule has 1 saturated heterocycles. The van der Waals surface area contributed by atoms with Gasteiger partial charge in [-0.05, 0) is 38.1 Å². The number of likely N-dealkylation sites (N-methyl/N-ethyl adjacent to an activating group) is 1. The van der Waals surface area contributed by atoms with Crippen molar-refractivity contribution in [2.24, 2.45) is 5.14 Å². The molecule has 2 unspecified atom stereocenters. The van der Waals surface area contributed by atoms with Gasteiger partial charge in [0.2, 0.25) is 10.0 Å².